The second-order valence-corrected chi connectivity index (χ2v) is 4.33. The van der Waals surface area contributed by atoms with Crippen LogP contribution in [0.1, 0.15) is 19.3 Å². The SMILES string of the molecule is NNc1ncc(F)c(NCC(=O)N2CCCCC2)n1. The van der Waals surface area contributed by atoms with Gasteiger partial charge in [0, 0.05) is 13.1 Å². The molecule has 2 heterocycles. The lowest BCUT2D eigenvalue weighted by Gasteiger charge is -2.26. The minimum absolute atomic E-state index is 0.0118. The predicted octanol–water partition coefficient (Wildman–Crippen LogP) is 0.326. The fourth-order valence-corrected chi connectivity index (χ4v) is 1.98. The van der Waals surface area contributed by atoms with Crippen molar-refractivity contribution < 1.29 is 9.18 Å². The molecule has 1 saturated heterocycles. The summed E-state index contributed by atoms with van der Waals surface area (Å²) >= 11 is 0. The Bertz CT molecular complexity index is 449. The third-order valence-corrected chi connectivity index (χ3v) is 2.99. The first-order valence-electron chi connectivity index (χ1n) is 6.21. The molecule has 1 aliphatic rings. The van der Waals surface area contributed by atoms with E-state index < -0.39 is 5.82 Å². The Morgan fingerprint density at radius 3 is 2.84 bits per heavy atom. The average molecular weight is 268 g/mol. The van der Waals surface area contributed by atoms with Crippen molar-refractivity contribution in [3.63, 3.8) is 0 Å². The number of hydrogen-bond donors (Lipinski definition) is 3. The Balaban J connectivity index is 1.92. The number of nitrogens with one attached hydrogen (secondary N) is 2. The van der Waals surface area contributed by atoms with Gasteiger partial charge in [-0.25, -0.2) is 15.2 Å². The van der Waals surface area contributed by atoms with E-state index in [1.54, 1.807) is 4.90 Å². The van der Waals surface area contributed by atoms with E-state index in [-0.39, 0.29) is 24.2 Å². The first-order chi connectivity index (χ1) is 9.20. The van der Waals surface area contributed by atoms with Crippen molar-refractivity contribution in [3.05, 3.63) is 12.0 Å². The second kappa shape index (κ2) is 6.28. The lowest BCUT2D eigenvalue weighted by molar-refractivity contribution is -0.130. The van der Waals surface area contributed by atoms with Gasteiger partial charge in [-0.3, -0.25) is 10.2 Å². The largest absolute Gasteiger partial charge is 0.358 e. The van der Waals surface area contributed by atoms with E-state index in [2.05, 4.69) is 20.7 Å². The topological polar surface area (TPSA) is 96.2 Å². The molecule has 0 aliphatic carbocycles. The van der Waals surface area contributed by atoms with E-state index in [0.717, 1.165) is 38.5 Å². The third kappa shape index (κ3) is 3.50. The molecular weight excluding hydrogens is 251 g/mol. The highest BCUT2D eigenvalue weighted by Gasteiger charge is 2.17. The Morgan fingerprint density at radius 2 is 2.16 bits per heavy atom. The fourth-order valence-electron chi connectivity index (χ4n) is 1.98. The number of hydrazine groups is 1. The molecule has 0 bridgehead atoms. The summed E-state index contributed by atoms with van der Waals surface area (Å²) < 4.78 is 13.4. The summed E-state index contributed by atoms with van der Waals surface area (Å²) in [7, 11) is 0. The molecule has 0 saturated carbocycles. The average Bonchev–Trinajstić information content (AvgIpc) is 2.47. The number of likely N-dealkylation sites (tertiary alicyclic amines) is 1. The first-order valence-corrected chi connectivity index (χ1v) is 6.21. The lowest BCUT2D eigenvalue weighted by atomic mass is 10.1. The highest BCUT2D eigenvalue weighted by molar-refractivity contribution is 5.80. The molecule has 104 valence electrons. The minimum atomic E-state index is -0.620. The molecule has 1 aromatic heterocycles. The number of anilines is 2. The first kappa shape index (κ1) is 13.5. The molecule has 0 aromatic carbocycles. The van der Waals surface area contributed by atoms with Crippen LogP contribution in [0, 0.1) is 5.82 Å². The Labute approximate surface area is 110 Å². The number of piperidine rings is 1. The van der Waals surface area contributed by atoms with Crippen molar-refractivity contribution in [2.24, 2.45) is 5.84 Å². The van der Waals surface area contributed by atoms with Crippen molar-refractivity contribution in [2.75, 3.05) is 30.4 Å². The molecule has 2 rings (SSSR count). The van der Waals surface area contributed by atoms with Crippen LogP contribution < -0.4 is 16.6 Å². The molecular formula is C11H17FN6O. The lowest BCUT2D eigenvalue weighted by Crippen LogP contribution is -2.39. The number of rotatable bonds is 4. The van der Waals surface area contributed by atoms with Crippen LogP contribution in [0.3, 0.4) is 0 Å². The van der Waals surface area contributed by atoms with E-state index >= 15 is 0 Å². The molecule has 1 fully saturated rings. The molecule has 0 spiro atoms. The Kier molecular flexibility index (Phi) is 4.45. The van der Waals surface area contributed by atoms with Gasteiger partial charge in [-0.05, 0) is 19.3 Å². The zero-order chi connectivity index (χ0) is 13.7. The van der Waals surface area contributed by atoms with Crippen molar-refractivity contribution in [3.8, 4) is 0 Å². The maximum Gasteiger partial charge on any atom is 0.241 e. The minimum Gasteiger partial charge on any atom is -0.358 e. The third-order valence-electron chi connectivity index (χ3n) is 2.99. The smallest absolute Gasteiger partial charge is 0.241 e. The molecule has 4 N–H and O–H groups in total. The standard InChI is InChI=1S/C11H17FN6O/c12-8-6-15-11(17-13)16-10(8)14-7-9(19)18-4-2-1-3-5-18/h6H,1-5,7,13H2,(H2,14,15,16,17). The molecule has 19 heavy (non-hydrogen) atoms. The molecule has 0 radical (unpaired) electrons. The molecule has 0 atom stereocenters. The van der Waals surface area contributed by atoms with Crippen LogP contribution in [0.15, 0.2) is 6.20 Å². The highest BCUT2D eigenvalue weighted by Crippen LogP contribution is 2.12. The zero-order valence-corrected chi connectivity index (χ0v) is 10.5. The number of carbonyl (C=O) groups is 1. The van der Waals surface area contributed by atoms with Gasteiger partial charge in [0.15, 0.2) is 11.6 Å². The fraction of sp³-hybridized carbons (Fsp3) is 0.545. The van der Waals surface area contributed by atoms with Crippen molar-refractivity contribution in [1.29, 1.82) is 0 Å². The van der Waals surface area contributed by atoms with Gasteiger partial charge in [0.25, 0.3) is 0 Å². The van der Waals surface area contributed by atoms with Gasteiger partial charge >= 0.3 is 0 Å². The molecule has 1 aliphatic heterocycles. The molecule has 8 heteroatoms. The van der Waals surface area contributed by atoms with Gasteiger partial charge < -0.3 is 10.2 Å². The maximum atomic E-state index is 13.4. The number of halogens is 1. The van der Waals surface area contributed by atoms with Gasteiger partial charge in [0.1, 0.15) is 0 Å². The van der Waals surface area contributed by atoms with Crippen LogP contribution in [0.5, 0.6) is 0 Å². The van der Waals surface area contributed by atoms with Crippen LogP contribution in [0.2, 0.25) is 0 Å². The van der Waals surface area contributed by atoms with Gasteiger partial charge in [0.2, 0.25) is 11.9 Å². The van der Waals surface area contributed by atoms with Gasteiger partial charge in [-0.15, -0.1) is 0 Å². The zero-order valence-electron chi connectivity index (χ0n) is 10.5. The second-order valence-electron chi connectivity index (χ2n) is 4.33. The summed E-state index contributed by atoms with van der Waals surface area (Å²) in [5, 5.41) is 2.67. The molecule has 7 nitrogen and oxygen atoms in total. The van der Waals surface area contributed by atoms with Crippen molar-refractivity contribution >= 4 is 17.7 Å². The normalized spacial score (nSPS) is 15.2. The van der Waals surface area contributed by atoms with Crippen molar-refractivity contribution in [2.45, 2.75) is 19.3 Å². The summed E-state index contributed by atoms with van der Waals surface area (Å²) in [5.41, 5.74) is 2.22. The number of hydrogen-bond acceptors (Lipinski definition) is 6. The van der Waals surface area contributed by atoms with E-state index in [1.807, 2.05) is 0 Å². The summed E-state index contributed by atoms with van der Waals surface area (Å²) in [6.07, 6.45) is 4.20. The predicted molar refractivity (Wildman–Crippen MR) is 68.7 cm³/mol. The van der Waals surface area contributed by atoms with Gasteiger partial charge in [0.05, 0.1) is 12.7 Å². The van der Waals surface area contributed by atoms with Crippen LogP contribution in [0.4, 0.5) is 16.2 Å². The highest BCUT2D eigenvalue weighted by atomic mass is 19.1. The van der Waals surface area contributed by atoms with Crippen LogP contribution in [-0.2, 0) is 4.79 Å². The monoisotopic (exact) mass is 268 g/mol. The number of carbonyl (C=O) groups excluding carboxylic acids is 1. The molecule has 1 aromatic rings. The van der Waals surface area contributed by atoms with Gasteiger partial charge in [-0.1, -0.05) is 0 Å². The summed E-state index contributed by atoms with van der Waals surface area (Å²) in [5.74, 6) is 4.52. The number of nitrogens with zero attached hydrogens (tertiary/aromatic N) is 3. The Morgan fingerprint density at radius 1 is 1.42 bits per heavy atom. The number of nitrogens with two attached hydrogens (primary N) is 1. The van der Waals surface area contributed by atoms with Crippen LogP contribution in [-0.4, -0.2) is 40.4 Å². The summed E-state index contributed by atoms with van der Waals surface area (Å²) in [4.78, 5) is 21.1. The summed E-state index contributed by atoms with van der Waals surface area (Å²) in [6.45, 7) is 1.54. The van der Waals surface area contributed by atoms with E-state index in [0.29, 0.717) is 0 Å². The van der Waals surface area contributed by atoms with E-state index in [4.69, 9.17) is 5.84 Å². The van der Waals surface area contributed by atoms with E-state index in [9.17, 15) is 9.18 Å². The number of amides is 1. The number of aromatic nitrogens is 2. The molecule has 0 unspecified atom stereocenters. The van der Waals surface area contributed by atoms with E-state index in [1.165, 1.54) is 0 Å². The van der Waals surface area contributed by atoms with Crippen LogP contribution >= 0.6 is 0 Å². The number of nitrogen functional groups attached to an aromatic ring is 1. The van der Waals surface area contributed by atoms with Crippen LogP contribution in [0.25, 0.3) is 0 Å². The quantitative estimate of drug-likeness (QED) is 0.538. The van der Waals surface area contributed by atoms with Gasteiger partial charge in [-0.2, -0.15) is 4.98 Å². The van der Waals surface area contributed by atoms with Crippen molar-refractivity contribution in [1.82, 2.24) is 14.9 Å². The summed E-state index contributed by atoms with van der Waals surface area (Å²) in [6, 6.07) is 0. The maximum absolute atomic E-state index is 13.4. The molecule has 1 amide bonds. The Hall–Kier alpha value is -1.96.